The summed E-state index contributed by atoms with van der Waals surface area (Å²) in [5.41, 5.74) is 3.31. The second-order valence-corrected chi connectivity index (χ2v) is 4.05. The number of alkyl halides is 1. The van der Waals surface area contributed by atoms with E-state index in [1.807, 2.05) is 22.6 Å². The molecule has 0 unspecified atom stereocenters. The average molecular weight is 239 g/mol. The van der Waals surface area contributed by atoms with Crippen LogP contribution in [0.5, 0.6) is 0 Å². The summed E-state index contributed by atoms with van der Waals surface area (Å²) in [4.78, 5) is 0. The van der Waals surface area contributed by atoms with Gasteiger partial charge in [-0.05, 0) is 12.5 Å². The van der Waals surface area contributed by atoms with E-state index in [2.05, 4.69) is 23.2 Å². The molecule has 0 atom stereocenters. The first-order chi connectivity index (χ1) is 7.72. The molecule has 0 N–H and O–H groups in total. The molecule has 4 nitrogen and oxygen atoms in total. The van der Waals surface area contributed by atoms with Crippen LogP contribution < -0.4 is 0 Å². The van der Waals surface area contributed by atoms with Gasteiger partial charge in [0.1, 0.15) is 0 Å². The Balaban J connectivity index is 2.16. The standard InChI is InChI=1S/C11H15ClN4/c1-3-10-4-11(15(2)14-10)8-16-7-9(5-12)6-13-16/h4,6-7H,3,5,8H2,1-2H3. The molecule has 0 bridgehead atoms. The van der Waals surface area contributed by atoms with Gasteiger partial charge in [-0.15, -0.1) is 11.6 Å². The number of hydrogen-bond acceptors (Lipinski definition) is 2. The lowest BCUT2D eigenvalue weighted by molar-refractivity contribution is 0.617. The van der Waals surface area contributed by atoms with Crippen molar-refractivity contribution in [2.45, 2.75) is 25.8 Å². The fourth-order valence-electron chi connectivity index (χ4n) is 1.62. The maximum Gasteiger partial charge on any atom is 0.0828 e. The van der Waals surface area contributed by atoms with Crippen LogP contribution in [0.4, 0.5) is 0 Å². The first kappa shape index (κ1) is 11.2. The highest BCUT2D eigenvalue weighted by molar-refractivity contribution is 6.17. The van der Waals surface area contributed by atoms with E-state index in [0.29, 0.717) is 5.88 Å². The first-order valence-corrected chi connectivity index (χ1v) is 5.85. The summed E-state index contributed by atoms with van der Waals surface area (Å²) < 4.78 is 3.79. The summed E-state index contributed by atoms with van der Waals surface area (Å²) in [5.74, 6) is 0.506. The molecule has 0 spiro atoms. The molecule has 86 valence electrons. The van der Waals surface area contributed by atoms with Gasteiger partial charge in [0.2, 0.25) is 0 Å². The lowest BCUT2D eigenvalue weighted by Crippen LogP contribution is -2.05. The summed E-state index contributed by atoms with van der Waals surface area (Å²) in [6.07, 6.45) is 4.72. The molecule has 0 saturated heterocycles. The van der Waals surface area contributed by atoms with Gasteiger partial charge in [0.05, 0.1) is 30.0 Å². The van der Waals surface area contributed by atoms with Gasteiger partial charge in [-0.3, -0.25) is 9.36 Å². The van der Waals surface area contributed by atoms with Gasteiger partial charge in [-0.1, -0.05) is 6.92 Å². The van der Waals surface area contributed by atoms with Crippen LogP contribution in [0.2, 0.25) is 0 Å². The number of rotatable bonds is 4. The monoisotopic (exact) mass is 238 g/mol. The molecule has 0 aliphatic carbocycles. The van der Waals surface area contributed by atoms with Crippen LogP contribution in [0.25, 0.3) is 0 Å². The molecule has 2 aromatic heterocycles. The summed E-state index contributed by atoms with van der Waals surface area (Å²) >= 11 is 5.73. The van der Waals surface area contributed by atoms with Gasteiger partial charge >= 0.3 is 0 Å². The van der Waals surface area contributed by atoms with Gasteiger partial charge in [0, 0.05) is 18.8 Å². The highest BCUT2D eigenvalue weighted by atomic mass is 35.5. The minimum absolute atomic E-state index is 0.506. The molecule has 0 radical (unpaired) electrons. The van der Waals surface area contributed by atoms with E-state index in [4.69, 9.17) is 11.6 Å². The minimum Gasteiger partial charge on any atom is -0.270 e. The number of nitrogens with zero attached hydrogens (tertiary/aromatic N) is 4. The zero-order valence-electron chi connectivity index (χ0n) is 9.52. The van der Waals surface area contributed by atoms with Crippen LogP contribution in [0, 0.1) is 0 Å². The Hall–Kier alpha value is -1.29. The van der Waals surface area contributed by atoms with E-state index in [1.165, 1.54) is 0 Å². The lowest BCUT2D eigenvalue weighted by atomic mass is 10.3. The molecule has 0 aliphatic heterocycles. The van der Waals surface area contributed by atoms with Crippen molar-refractivity contribution in [2.75, 3.05) is 0 Å². The predicted octanol–water partition coefficient (Wildman–Crippen LogP) is 1.97. The highest BCUT2D eigenvalue weighted by Gasteiger charge is 2.05. The molecular weight excluding hydrogens is 224 g/mol. The zero-order valence-corrected chi connectivity index (χ0v) is 10.3. The van der Waals surface area contributed by atoms with Crippen molar-refractivity contribution in [3.05, 3.63) is 35.4 Å². The van der Waals surface area contributed by atoms with Crippen molar-refractivity contribution in [2.24, 2.45) is 7.05 Å². The van der Waals surface area contributed by atoms with Crippen molar-refractivity contribution >= 4 is 11.6 Å². The first-order valence-electron chi connectivity index (χ1n) is 5.32. The molecule has 0 amide bonds. The molecule has 0 aromatic carbocycles. The second-order valence-electron chi connectivity index (χ2n) is 3.78. The summed E-state index contributed by atoms with van der Waals surface area (Å²) in [6, 6.07) is 2.11. The fraction of sp³-hybridized carbons (Fsp3) is 0.455. The quantitative estimate of drug-likeness (QED) is 0.764. The van der Waals surface area contributed by atoms with Crippen LogP contribution in [0.1, 0.15) is 23.9 Å². The van der Waals surface area contributed by atoms with Crippen molar-refractivity contribution in [3.8, 4) is 0 Å². The van der Waals surface area contributed by atoms with Crippen LogP contribution >= 0.6 is 11.6 Å². The van der Waals surface area contributed by atoms with E-state index in [0.717, 1.165) is 29.9 Å². The highest BCUT2D eigenvalue weighted by Crippen LogP contribution is 2.07. The number of hydrogen-bond donors (Lipinski definition) is 0. The Labute approximate surface area is 99.8 Å². The van der Waals surface area contributed by atoms with Crippen molar-refractivity contribution < 1.29 is 0 Å². The van der Waals surface area contributed by atoms with Crippen LogP contribution in [-0.4, -0.2) is 19.6 Å². The predicted molar refractivity (Wildman–Crippen MR) is 63.5 cm³/mol. The van der Waals surface area contributed by atoms with Crippen molar-refractivity contribution in [1.82, 2.24) is 19.6 Å². The molecule has 0 fully saturated rings. The summed E-state index contributed by atoms with van der Waals surface area (Å²) in [7, 11) is 1.96. The Morgan fingerprint density at radius 3 is 2.81 bits per heavy atom. The van der Waals surface area contributed by atoms with E-state index in [1.54, 1.807) is 6.20 Å². The molecule has 16 heavy (non-hydrogen) atoms. The third-order valence-electron chi connectivity index (χ3n) is 2.55. The van der Waals surface area contributed by atoms with Crippen LogP contribution in [-0.2, 0) is 25.9 Å². The van der Waals surface area contributed by atoms with Crippen LogP contribution in [0.3, 0.4) is 0 Å². The summed E-state index contributed by atoms with van der Waals surface area (Å²) in [6.45, 7) is 2.84. The number of aromatic nitrogens is 4. The topological polar surface area (TPSA) is 35.6 Å². The van der Waals surface area contributed by atoms with E-state index in [9.17, 15) is 0 Å². The van der Waals surface area contributed by atoms with Gasteiger partial charge in [0.15, 0.2) is 0 Å². The molecule has 2 aromatic rings. The zero-order chi connectivity index (χ0) is 11.5. The van der Waals surface area contributed by atoms with E-state index >= 15 is 0 Å². The molecule has 2 rings (SSSR count). The van der Waals surface area contributed by atoms with E-state index in [-0.39, 0.29) is 0 Å². The number of aryl methyl sites for hydroxylation is 2. The van der Waals surface area contributed by atoms with Crippen LogP contribution in [0.15, 0.2) is 18.5 Å². The maximum atomic E-state index is 5.73. The van der Waals surface area contributed by atoms with Gasteiger partial charge < -0.3 is 0 Å². The molecule has 0 aliphatic rings. The third kappa shape index (κ3) is 2.27. The Morgan fingerprint density at radius 2 is 2.25 bits per heavy atom. The molecule has 0 saturated carbocycles. The van der Waals surface area contributed by atoms with Gasteiger partial charge in [-0.2, -0.15) is 10.2 Å². The molecule has 2 heterocycles. The lowest BCUT2D eigenvalue weighted by Gasteiger charge is -2.01. The number of halogens is 1. The van der Waals surface area contributed by atoms with Gasteiger partial charge in [-0.25, -0.2) is 0 Å². The maximum absolute atomic E-state index is 5.73. The molecular formula is C11H15ClN4. The average Bonchev–Trinajstić information content (AvgIpc) is 2.87. The molecule has 5 heteroatoms. The Bertz CT molecular complexity index is 472. The minimum atomic E-state index is 0.506. The smallest absolute Gasteiger partial charge is 0.0828 e. The van der Waals surface area contributed by atoms with E-state index < -0.39 is 0 Å². The Morgan fingerprint density at radius 1 is 1.44 bits per heavy atom. The Kier molecular flexibility index (Phi) is 3.29. The van der Waals surface area contributed by atoms with Crippen molar-refractivity contribution in [1.29, 1.82) is 0 Å². The normalized spacial score (nSPS) is 10.9. The second kappa shape index (κ2) is 4.70. The SMILES string of the molecule is CCc1cc(Cn2cc(CCl)cn2)n(C)n1. The summed E-state index contributed by atoms with van der Waals surface area (Å²) in [5, 5.41) is 8.65. The largest absolute Gasteiger partial charge is 0.270 e. The third-order valence-corrected chi connectivity index (χ3v) is 2.86. The fourth-order valence-corrected chi connectivity index (χ4v) is 1.76. The van der Waals surface area contributed by atoms with Crippen molar-refractivity contribution in [3.63, 3.8) is 0 Å². The van der Waals surface area contributed by atoms with Gasteiger partial charge in [0.25, 0.3) is 0 Å².